The number of aromatic nitrogens is 1. The molecule has 33 heavy (non-hydrogen) atoms. The first kappa shape index (κ1) is 23.3. The van der Waals surface area contributed by atoms with Gasteiger partial charge in [-0.05, 0) is 55.3 Å². The van der Waals surface area contributed by atoms with Crippen LogP contribution in [-0.2, 0) is 21.8 Å². The highest BCUT2D eigenvalue weighted by Crippen LogP contribution is 2.22. The second-order valence-electron chi connectivity index (χ2n) is 7.88. The standard InChI is InChI=1S/C23H25N3O5S2/c1-25-19-12-9-17(22(28)31-2)15-20(19)32-23(25)24-21(27)16-7-10-18(11-8-16)33(29,30)26-13-5-3-4-6-14-26/h7-12,15H,3-6,13-14H2,1-2H3. The summed E-state index contributed by atoms with van der Waals surface area (Å²) in [7, 11) is -0.457. The summed E-state index contributed by atoms with van der Waals surface area (Å²) in [6, 6.07) is 11.1. The Bertz CT molecular complexity index is 1360. The number of methoxy groups -OCH3 is 1. The molecule has 2 heterocycles. The van der Waals surface area contributed by atoms with Crippen molar-refractivity contribution < 1.29 is 22.7 Å². The van der Waals surface area contributed by atoms with Crippen molar-refractivity contribution in [1.29, 1.82) is 0 Å². The maximum atomic E-state index is 12.9. The third-order valence-corrected chi connectivity index (χ3v) is 8.74. The average molecular weight is 488 g/mol. The number of amides is 1. The van der Waals surface area contributed by atoms with Gasteiger partial charge in [0.25, 0.3) is 5.91 Å². The number of carbonyl (C=O) groups excluding carboxylic acids is 2. The van der Waals surface area contributed by atoms with Gasteiger partial charge in [0.05, 0.1) is 27.8 Å². The van der Waals surface area contributed by atoms with E-state index in [0.29, 0.717) is 29.0 Å². The number of hydrogen-bond acceptors (Lipinski definition) is 6. The number of sulfonamides is 1. The van der Waals surface area contributed by atoms with E-state index in [4.69, 9.17) is 4.74 Å². The summed E-state index contributed by atoms with van der Waals surface area (Å²) in [5.74, 6) is -0.901. The Morgan fingerprint density at radius 3 is 2.24 bits per heavy atom. The summed E-state index contributed by atoms with van der Waals surface area (Å²) in [5, 5.41) is 0. The van der Waals surface area contributed by atoms with Crippen LogP contribution in [0.5, 0.6) is 0 Å². The molecule has 0 N–H and O–H groups in total. The van der Waals surface area contributed by atoms with Gasteiger partial charge in [-0.3, -0.25) is 4.79 Å². The highest BCUT2D eigenvalue weighted by Gasteiger charge is 2.25. The molecule has 1 amide bonds. The lowest BCUT2D eigenvalue weighted by Crippen LogP contribution is -2.31. The quantitative estimate of drug-likeness (QED) is 0.526. The topological polar surface area (TPSA) is 98.0 Å². The predicted molar refractivity (Wildman–Crippen MR) is 126 cm³/mol. The first-order valence-corrected chi connectivity index (χ1v) is 12.9. The van der Waals surface area contributed by atoms with E-state index >= 15 is 0 Å². The summed E-state index contributed by atoms with van der Waals surface area (Å²) in [4.78, 5) is 29.4. The van der Waals surface area contributed by atoms with E-state index < -0.39 is 21.9 Å². The molecule has 0 bridgehead atoms. The fraction of sp³-hybridized carbons (Fsp3) is 0.348. The van der Waals surface area contributed by atoms with Gasteiger partial charge in [-0.2, -0.15) is 9.30 Å². The first-order valence-electron chi connectivity index (χ1n) is 10.7. The molecule has 1 fully saturated rings. The Labute approximate surface area is 196 Å². The zero-order valence-corrected chi connectivity index (χ0v) is 20.1. The van der Waals surface area contributed by atoms with Crippen molar-refractivity contribution in [3.05, 3.63) is 58.4 Å². The number of nitrogens with zero attached hydrogens (tertiary/aromatic N) is 3. The molecule has 2 aromatic carbocycles. The number of hydrogen-bond donors (Lipinski definition) is 0. The molecule has 0 saturated carbocycles. The van der Waals surface area contributed by atoms with Crippen molar-refractivity contribution in [2.24, 2.45) is 12.0 Å². The van der Waals surface area contributed by atoms with Crippen molar-refractivity contribution in [1.82, 2.24) is 8.87 Å². The SMILES string of the molecule is COC(=O)c1ccc2c(c1)sc(=NC(=O)c1ccc(S(=O)(=O)N3CCCCCC3)cc1)n2C. The molecular formula is C23H25N3O5S2. The van der Waals surface area contributed by atoms with Crippen LogP contribution in [0.4, 0.5) is 0 Å². The molecule has 1 aliphatic rings. The van der Waals surface area contributed by atoms with E-state index in [2.05, 4.69) is 4.99 Å². The zero-order valence-electron chi connectivity index (χ0n) is 18.5. The molecule has 8 nitrogen and oxygen atoms in total. The van der Waals surface area contributed by atoms with Gasteiger partial charge in [-0.25, -0.2) is 13.2 Å². The fourth-order valence-corrected chi connectivity index (χ4v) is 6.41. The van der Waals surface area contributed by atoms with Gasteiger partial charge >= 0.3 is 5.97 Å². The van der Waals surface area contributed by atoms with Gasteiger partial charge in [0.2, 0.25) is 10.0 Å². The maximum absolute atomic E-state index is 12.9. The van der Waals surface area contributed by atoms with E-state index in [1.165, 1.54) is 47.0 Å². The van der Waals surface area contributed by atoms with E-state index in [1.54, 1.807) is 29.8 Å². The van der Waals surface area contributed by atoms with E-state index in [0.717, 1.165) is 35.9 Å². The largest absolute Gasteiger partial charge is 0.465 e. The molecule has 1 aromatic heterocycles. The van der Waals surface area contributed by atoms with Gasteiger partial charge in [0.1, 0.15) is 0 Å². The summed E-state index contributed by atoms with van der Waals surface area (Å²) >= 11 is 1.28. The Hall–Kier alpha value is -2.82. The number of benzene rings is 2. The van der Waals surface area contributed by atoms with E-state index in [9.17, 15) is 18.0 Å². The molecular weight excluding hydrogens is 462 g/mol. The number of esters is 1. The van der Waals surface area contributed by atoms with Crippen LogP contribution in [0.1, 0.15) is 46.4 Å². The summed E-state index contributed by atoms with van der Waals surface area (Å²) in [6.45, 7) is 1.05. The molecule has 4 rings (SSSR count). The molecule has 0 atom stereocenters. The minimum Gasteiger partial charge on any atom is -0.465 e. The van der Waals surface area contributed by atoms with Crippen LogP contribution in [0, 0.1) is 0 Å². The molecule has 0 spiro atoms. The minimum absolute atomic E-state index is 0.184. The number of ether oxygens (including phenoxy) is 1. The molecule has 10 heteroatoms. The van der Waals surface area contributed by atoms with Crippen LogP contribution < -0.4 is 4.80 Å². The van der Waals surface area contributed by atoms with Crippen molar-refractivity contribution in [2.45, 2.75) is 30.6 Å². The molecule has 1 aliphatic heterocycles. The monoisotopic (exact) mass is 487 g/mol. The van der Waals surface area contributed by atoms with Crippen molar-refractivity contribution in [3.8, 4) is 0 Å². The molecule has 0 radical (unpaired) electrons. The predicted octanol–water partition coefficient (Wildman–Crippen LogP) is 3.33. The fourth-order valence-electron chi connectivity index (χ4n) is 3.84. The number of carbonyl (C=O) groups is 2. The molecule has 3 aromatic rings. The Morgan fingerprint density at radius 2 is 1.61 bits per heavy atom. The second-order valence-corrected chi connectivity index (χ2v) is 10.8. The number of rotatable bonds is 4. The number of fused-ring (bicyclic) bond motifs is 1. The highest BCUT2D eigenvalue weighted by molar-refractivity contribution is 7.89. The summed E-state index contributed by atoms with van der Waals surface area (Å²) < 4.78 is 34.7. The minimum atomic E-state index is -3.57. The average Bonchev–Trinajstić information content (AvgIpc) is 3.00. The van der Waals surface area contributed by atoms with Gasteiger partial charge in [-0.15, -0.1) is 0 Å². The second kappa shape index (κ2) is 9.58. The lowest BCUT2D eigenvalue weighted by Gasteiger charge is -2.19. The van der Waals surface area contributed by atoms with Gasteiger partial charge in [-0.1, -0.05) is 24.2 Å². The lowest BCUT2D eigenvalue weighted by atomic mass is 10.2. The van der Waals surface area contributed by atoms with Crippen LogP contribution in [0.3, 0.4) is 0 Å². The van der Waals surface area contributed by atoms with Crippen LogP contribution in [0.2, 0.25) is 0 Å². The van der Waals surface area contributed by atoms with Crippen LogP contribution in [-0.4, -0.2) is 49.4 Å². The normalized spacial score (nSPS) is 16.0. The third kappa shape index (κ3) is 4.78. The molecule has 1 saturated heterocycles. The lowest BCUT2D eigenvalue weighted by molar-refractivity contribution is 0.0600. The Morgan fingerprint density at radius 1 is 0.970 bits per heavy atom. The van der Waals surface area contributed by atoms with Crippen molar-refractivity contribution >= 4 is 43.5 Å². The maximum Gasteiger partial charge on any atom is 0.337 e. The smallest absolute Gasteiger partial charge is 0.337 e. The molecule has 0 aliphatic carbocycles. The highest BCUT2D eigenvalue weighted by atomic mass is 32.2. The van der Waals surface area contributed by atoms with Crippen LogP contribution in [0.25, 0.3) is 10.2 Å². The van der Waals surface area contributed by atoms with Crippen molar-refractivity contribution in [3.63, 3.8) is 0 Å². The third-order valence-electron chi connectivity index (χ3n) is 5.73. The van der Waals surface area contributed by atoms with E-state index in [1.807, 2.05) is 0 Å². The first-order chi connectivity index (χ1) is 15.8. The summed E-state index contributed by atoms with van der Waals surface area (Å²) in [5.41, 5.74) is 1.56. The Kier molecular flexibility index (Phi) is 6.78. The zero-order chi connectivity index (χ0) is 23.6. The number of thiazole rings is 1. The molecule has 174 valence electrons. The van der Waals surface area contributed by atoms with Crippen LogP contribution in [0.15, 0.2) is 52.4 Å². The Balaban J connectivity index is 1.60. The molecule has 0 unspecified atom stereocenters. The van der Waals surface area contributed by atoms with Gasteiger partial charge in [0, 0.05) is 25.7 Å². The van der Waals surface area contributed by atoms with Gasteiger partial charge < -0.3 is 9.30 Å². The van der Waals surface area contributed by atoms with Gasteiger partial charge in [0.15, 0.2) is 4.80 Å². The number of aryl methyl sites for hydroxylation is 1. The van der Waals surface area contributed by atoms with Crippen molar-refractivity contribution in [2.75, 3.05) is 20.2 Å². The van der Waals surface area contributed by atoms with Crippen LogP contribution >= 0.6 is 11.3 Å². The summed E-state index contributed by atoms with van der Waals surface area (Å²) in [6.07, 6.45) is 3.81. The van der Waals surface area contributed by atoms with E-state index in [-0.39, 0.29) is 4.90 Å².